The largest absolute Gasteiger partial charge is 0.478 e. The molecule has 0 spiro atoms. The molecule has 0 saturated carbocycles. The number of hydrogen-bond acceptors (Lipinski definition) is 3. The lowest BCUT2D eigenvalue weighted by atomic mass is 10.1. The first-order chi connectivity index (χ1) is 8.13. The fourth-order valence-electron chi connectivity index (χ4n) is 1.71. The van der Waals surface area contributed by atoms with E-state index in [-0.39, 0.29) is 11.3 Å². The third-order valence-electron chi connectivity index (χ3n) is 2.58. The molecule has 2 rings (SSSR count). The maximum absolute atomic E-state index is 11.0. The molecule has 0 aliphatic carbocycles. The van der Waals surface area contributed by atoms with E-state index in [4.69, 9.17) is 10.8 Å². The Morgan fingerprint density at radius 2 is 2.29 bits per heavy atom. The zero-order valence-electron chi connectivity index (χ0n) is 9.42. The van der Waals surface area contributed by atoms with E-state index >= 15 is 0 Å². The highest BCUT2D eigenvalue weighted by Gasteiger charge is 2.10. The molecule has 17 heavy (non-hydrogen) atoms. The second kappa shape index (κ2) is 4.29. The van der Waals surface area contributed by atoms with Crippen LogP contribution in [0.4, 0.5) is 5.69 Å². The highest BCUT2D eigenvalue weighted by molar-refractivity contribution is 5.94. The molecule has 0 fully saturated rings. The minimum Gasteiger partial charge on any atom is -0.478 e. The van der Waals surface area contributed by atoms with Gasteiger partial charge < -0.3 is 15.4 Å². The van der Waals surface area contributed by atoms with Crippen molar-refractivity contribution in [2.45, 2.75) is 13.3 Å². The Morgan fingerprint density at radius 1 is 1.53 bits per heavy atom. The summed E-state index contributed by atoms with van der Waals surface area (Å²) in [5.74, 6) is -0.145. The number of nitrogens with zero attached hydrogens (tertiary/aromatic N) is 2. The van der Waals surface area contributed by atoms with Gasteiger partial charge in [0, 0.05) is 30.2 Å². The van der Waals surface area contributed by atoms with Gasteiger partial charge in [-0.1, -0.05) is 6.92 Å². The van der Waals surface area contributed by atoms with Crippen molar-refractivity contribution in [2.24, 2.45) is 0 Å². The van der Waals surface area contributed by atoms with Crippen LogP contribution in [-0.4, -0.2) is 20.6 Å². The van der Waals surface area contributed by atoms with E-state index < -0.39 is 5.97 Å². The van der Waals surface area contributed by atoms with Gasteiger partial charge in [0.2, 0.25) is 0 Å². The molecule has 1 heterocycles. The zero-order chi connectivity index (χ0) is 12.4. The molecule has 2 aromatic rings. The van der Waals surface area contributed by atoms with Gasteiger partial charge in [-0.2, -0.15) is 0 Å². The van der Waals surface area contributed by atoms with Crippen molar-refractivity contribution < 1.29 is 9.90 Å². The zero-order valence-corrected chi connectivity index (χ0v) is 9.42. The molecule has 0 saturated heterocycles. The molecule has 0 radical (unpaired) electrons. The molecule has 0 atom stereocenters. The van der Waals surface area contributed by atoms with Gasteiger partial charge in [0.15, 0.2) is 0 Å². The predicted octanol–water partition coefficient (Wildman–Crippen LogP) is 1.72. The number of aromatic nitrogens is 2. The number of imidazole rings is 1. The molecular weight excluding hydrogens is 218 g/mol. The Bertz CT molecular complexity index is 561. The highest BCUT2D eigenvalue weighted by Crippen LogP contribution is 2.18. The molecule has 0 unspecified atom stereocenters. The van der Waals surface area contributed by atoms with Crippen molar-refractivity contribution in [1.29, 1.82) is 0 Å². The monoisotopic (exact) mass is 231 g/mol. The normalized spacial score (nSPS) is 10.4. The molecule has 5 nitrogen and oxygen atoms in total. The van der Waals surface area contributed by atoms with Crippen LogP contribution in [0.25, 0.3) is 5.69 Å². The lowest BCUT2D eigenvalue weighted by Gasteiger charge is -2.08. The van der Waals surface area contributed by atoms with Gasteiger partial charge >= 0.3 is 5.97 Å². The number of carbonyl (C=O) groups is 1. The van der Waals surface area contributed by atoms with Crippen LogP contribution in [0.1, 0.15) is 23.1 Å². The fourth-order valence-corrected chi connectivity index (χ4v) is 1.71. The van der Waals surface area contributed by atoms with E-state index in [1.807, 2.05) is 11.5 Å². The second-order valence-corrected chi connectivity index (χ2v) is 3.64. The van der Waals surface area contributed by atoms with Crippen LogP contribution in [0.15, 0.2) is 30.6 Å². The van der Waals surface area contributed by atoms with Gasteiger partial charge in [-0.3, -0.25) is 0 Å². The summed E-state index contributed by atoms with van der Waals surface area (Å²) in [6.45, 7) is 1.99. The van der Waals surface area contributed by atoms with Crippen molar-refractivity contribution in [3.05, 3.63) is 42.0 Å². The quantitative estimate of drug-likeness (QED) is 0.788. The number of rotatable bonds is 3. The average molecular weight is 231 g/mol. The van der Waals surface area contributed by atoms with E-state index in [1.165, 1.54) is 0 Å². The first-order valence-electron chi connectivity index (χ1n) is 5.29. The van der Waals surface area contributed by atoms with Crippen molar-refractivity contribution in [3.63, 3.8) is 0 Å². The van der Waals surface area contributed by atoms with Crippen LogP contribution >= 0.6 is 0 Å². The van der Waals surface area contributed by atoms with E-state index in [1.54, 1.807) is 30.6 Å². The molecule has 5 heteroatoms. The van der Waals surface area contributed by atoms with Gasteiger partial charge in [0.1, 0.15) is 5.82 Å². The summed E-state index contributed by atoms with van der Waals surface area (Å²) in [5.41, 5.74) is 6.74. The fraction of sp³-hybridized carbons (Fsp3) is 0.167. The maximum atomic E-state index is 11.0. The van der Waals surface area contributed by atoms with E-state index in [0.717, 1.165) is 17.9 Å². The molecular formula is C12H13N3O2. The summed E-state index contributed by atoms with van der Waals surface area (Å²) in [5, 5.41) is 9.01. The third-order valence-corrected chi connectivity index (χ3v) is 2.58. The number of benzene rings is 1. The summed E-state index contributed by atoms with van der Waals surface area (Å²) < 4.78 is 1.85. The Hall–Kier alpha value is -2.30. The van der Waals surface area contributed by atoms with Crippen LogP contribution in [0.2, 0.25) is 0 Å². The molecule has 0 bridgehead atoms. The van der Waals surface area contributed by atoms with Crippen molar-refractivity contribution in [2.75, 3.05) is 5.73 Å². The topological polar surface area (TPSA) is 81.1 Å². The lowest BCUT2D eigenvalue weighted by Crippen LogP contribution is -2.05. The van der Waals surface area contributed by atoms with E-state index in [2.05, 4.69) is 4.98 Å². The van der Waals surface area contributed by atoms with Crippen molar-refractivity contribution >= 4 is 11.7 Å². The number of nitrogen functional groups attached to an aromatic ring is 1. The summed E-state index contributed by atoms with van der Waals surface area (Å²) in [6, 6.07) is 4.93. The maximum Gasteiger partial charge on any atom is 0.337 e. The lowest BCUT2D eigenvalue weighted by molar-refractivity contribution is 0.0698. The standard InChI is InChI=1S/C12H13N3O2/c1-2-11-14-5-6-15(11)8-3-4-10(13)9(7-8)12(16)17/h3-7H,2,13H2,1H3,(H,16,17). The van der Waals surface area contributed by atoms with E-state index in [0.29, 0.717) is 0 Å². The number of aromatic carboxylic acids is 1. The smallest absolute Gasteiger partial charge is 0.337 e. The van der Waals surface area contributed by atoms with Crippen LogP contribution in [0, 0.1) is 0 Å². The number of aryl methyl sites for hydroxylation is 1. The summed E-state index contributed by atoms with van der Waals surface area (Å²) >= 11 is 0. The SMILES string of the molecule is CCc1nccn1-c1ccc(N)c(C(=O)O)c1. The molecule has 88 valence electrons. The first-order valence-corrected chi connectivity index (χ1v) is 5.29. The van der Waals surface area contributed by atoms with Gasteiger partial charge in [0.05, 0.1) is 5.56 Å². The predicted molar refractivity (Wildman–Crippen MR) is 64.3 cm³/mol. The van der Waals surface area contributed by atoms with Gasteiger partial charge in [0.25, 0.3) is 0 Å². The average Bonchev–Trinajstić information content (AvgIpc) is 2.77. The van der Waals surface area contributed by atoms with Gasteiger partial charge in [-0.05, 0) is 18.2 Å². The molecule has 3 N–H and O–H groups in total. The van der Waals surface area contributed by atoms with E-state index in [9.17, 15) is 4.79 Å². The Balaban J connectivity index is 2.54. The third kappa shape index (κ3) is 1.99. The van der Waals surface area contributed by atoms with Crippen LogP contribution in [-0.2, 0) is 6.42 Å². The summed E-state index contributed by atoms with van der Waals surface area (Å²) in [6.07, 6.45) is 4.27. The Labute approximate surface area is 98.5 Å². The van der Waals surface area contributed by atoms with Crippen molar-refractivity contribution in [3.8, 4) is 5.69 Å². The summed E-state index contributed by atoms with van der Waals surface area (Å²) in [4.78, 5) is 15.2. The Kier molecular flexibility index (Phi) is 2.82. The van der Waals surface area contributed by atoms with Crippen molar-refractivity contribution in [1.82, 2.24) is 9.55 Å². The number of carboxylic acid groups (broad SMARTS) is 1. The number of hydrogen-bond donors (Lipinski definition) is 2. The molecule has 0 aliphatic rings. The number of nitrogens with two attached hydrogens (primary N) is 1. The summed E-state index contributed by atoms with van der Waals surface area (Å²) in [7, 11) is 0. The van der Waals surface area contributed by atoms with Crippen LogP contribution in [0.5, 0.6) is 0 Å². The number of carboxylic acids is 1. The Morgan fingerprint density at radius 3 is 2.94 bits per heavy atom. The first kappa shape index (κ1) is 11.2. The molecule has 0 aliphatic heterocycles. The van der Waals surface area contributed by atoms with Gasteiger partial charge in [-0.15, -0.1) is 0 Å². The van der Waals surface area contributed by atoms with Gasteiger partial charge in [-0.25, -0.2) is 9.78 Å². The minimum absolute atomic E-state index is 0.109. The molecule has 0 amide bonds. The second-order valence-electron chi connectivity index (χ2n) is 3.64. The number of anilines is 1. The molecule has 1 aromatic carbocycles. The molecule has 1 aromatic heterocycles. The van der Waals surface area contributed by atoms with Crippen LogP contribution < -0.4 is 5.73 Å². The van der Waals surface area contributed by atoms with Crippen LogP contribution in [0.3, 0.4) is 0 Å². The highest BCUT2D eigenvalue weighted by atomic mass is 16.4. The minimum atomic E-state index is -1.03.